The molecule has 2 aromatic carbocycles. The van der Waals surface area contributed by atoms with Crippen LogP contribution in [0.3, 0.4) is 0 Å². The van der Waals surface area contributed by atoms with E-state index in [1.165, 1.54) is 11.8 Å². The molecule has 3 N–H and O–H groups in total. The summed E-state index contributed by atoms with van der Waals surface area (Å²) in [5.41, 5.74) is 10.7. The molecule has 2 aliphatic heterocycles. The maximum Gasteiger partial charge on any atom is 0.258 e. The van der Waals surface area contributed by atoms with Gasteiger partial charge in [0, 0.05) is 24.5 Å². The molecule has 2 aliphatic rings. The fourth-order valence-corrected chi connectivity index (χ4v) is 5.08. The highest BCUT2D eigenvalue weighted by molar-refractivity contribution is 8.16. The largest absolute Gasteiger partial charge is 0.400 e. The standard InChI is InChI=1S/C25H25N5O2S/c1-15-8-9-19(16(2)12-15)29-24-20(25(32)30-10-3-4-11-30)21(27)22(33-24)23(31)28-18-7-5-6-17(13-18)14-26/h5-9,12-13,22H,3-4,10-11,27H2,1-2H3,(H,28,31)/t22-/m0/s1. The van der Waals surface area contributed by atoms with Gasteiger partial charge in [0.1, 0.15) is 10.3 Å². The summed E-state index contributed by atoms with van der Waals surface area (Å²) in [6.45, 7) is 5.33. The minimum absolute atomic E-state index is 0.178. The van der Waals surface area contributed by atoms with Crippen molar-refractivity contribution in [3.05, 3.63) is 70.4 Å². The maximum atomic E-state index is 13.3. The second kappa shape index (κ2) is 9.51. The van der Waals surface area contributed by atoms with Gasteiger partial charge in [-0.25, -0.2) is 4.99 Å². The summed E-state index contributed by atoms with van der Waals surface area (Å²) >= 11 is 1.19. The molecule has 0 aliphatic carbocycles. The molecule has 2 heterocycles. The van der Waals surface area contributed by atoms with Gasteiger partial charge in [-0.1, -0.05) is 35.5 Å². The van der Waals surface area contributed by atoms with Crippen molar-refractivity contribution in [1.29, 1.82) is 5.26 Å². The summed E-state index contributed by atoms with van der Waals surface area (Å²) in [5, 5.41) is 11.6. The summed E-state index contributed by atoms with van der Waals surface area (Å²) in [4.78, 5) is 33.0. The lowest BCUT2D eigenvalue weighted by Crippen LogP contribution is -2.33. The number of thioether (sulfide) groups is 1. The van der Waals surface area contributed by atoms with Crippen LogP contribution >= 0.6 is 11.8 Å². The molecule has 0 aromatic heterocycles. The number of aliphatic imine (C=N–C) groups is 1. The van der Waals surface area contributed by atoms with Gasteiger partial charge in [-0.3, -0.25) is 9.59 Å². The fourth-order valence-electron chi connectivity index (χ4n) is 3.97. The first kappa shape index (κ1) is 22.6. The molecule has 0 unspecified atom stereocenters. The van der Waals surface area contributed by atoms with Crippen molar-refractivity contribution in [2.45, 2.75) is 31.9 Å². The molecule has 0 radical (unpaired) electrons. The molecule has 0 bridgehead atoms. The molecule has 2 amide bonds. The number of rotatable bonds is 4. The third kappa shape index (κ3) is 4.78. The predicted octanol–water partition coefficient (Wildman–Crippen LogP) is 3.79. The van der Waals surface area contributed by atoms with Crippen LogP contribution in [0.1, 0.15) is 29.5 Å². The van der Waals surface area contributed by atoms with Crippen LogP contribution in [0.25, 0.3) is 0 Å². The molecule has 168 valence electrons. The Balaban J connectivity index is 1.68. The van der Waals surface area contributed by atoms with Crippen molar-refractivity contribution in [2.75, 3.05) is 18.4 Å². The number of hydrogen-bond acceptors (Lipinski definition) is 6. The van der Waals surface area contributed by atoms with E-state index in [9.17, 15) is 9.59 Å². The summed E-state index contributed by atoms with van der Waals surface area (Å²) in [7, 11) is 0. The van der Waals surface area contributed by atoms with E-state index in [1.54, 1.807) is 29.2 Å². The van der Waals surface area contributed by atoms with Gasteiger partial charge in [0.15, 0.2) is 0 Å². The zero-order valence-corrected chi connectivity index (χ0v) is 19.4. The lowest BCUT2D eigenvalue weighted by atomic mass is 10.1. The monoisotopic (exact) mass is 459 g/mol. The van der Waals surface area contributed by atoms with Crippen molar-refractivity contribution in [3.63, 3.8) is 0 Å². The highest BCUT2D eigenvalue weighted by Gasteiger charge is 2.40. The van der Waals surface area contributed by atoms with Crippen LogP contribution in [0.2, 0.25) is 0 Å². The van der Waals surface area contributed by atoms with Crippen molar-refractivity contribution < 1.29 is 9.59 Å². The normalized spacial score (nSPS) is 19.1. The van der Waals surface area contributed by atoms with Crippen molar-refractivity contribution in [3.8, 4) is 6.07 Å². The first-order valence-corrected chi connectivity index (χ1v) is 11.7. The fraction of sp³-hybridized carbons (Fsp3) is 0.280. The molecule has 0 spiro atoms. The molecule has 1 fully saturated rings. The third-order valence-electron chi connectivity index (χ3n) is 5.69. The van der Waals surface area contributed by atoms with Crippen LogP contribution < -0.4 is 11.1 Å². The van der Waals surface area contributed by atoms with E-state index < -0.39 is 5.25 Å². The third-order valence-corrected chi connectivity index (χ3v) is 6.92. The first-order chi connectivity index (χ1) is 15.9. The number of nitrogens with one attached hydrogen (secondary N) is 1. The molecular weight excluding hydrogens is 434 g/mol. The Bertz CT molecular complexity index is 1220. The van der Waals surface area contributed by atoms with Crippen molar-refractivity contribution in [2.24, 2.45) is 10.7 Å². The molecule has 1 atom stereocenters. The zero-order chi connectivity index (χ0) is 23.5. The van der Waals surface area contributed by atoms with Gasteiger partial charge in [0.25, 0.3) is 5.91 Å². The number of benzene rings is 2. The molecule has 0 saturated carbocycles. The van der Waals surface area contributed by atoms with Gasteiger partial charge in [-0.05, 0) is 56.5 Å². The van der Waals surface area contributed by atoms with Crippen LogP contribution in [0.5, 0.6) is 0 Å². The van der Waals surface area contributed by atoms with Crippen molar-refractivity contribution in [1.82, 2.24) is 4.90 Å². The van der Waals surface area contributed by atoms with Crippen LogP contribution in [-0.2, 0) is 9.59 Å². The SMILES string of the molecule is Cc1ccc(N=C2S[C@H](C(=O)Nc3cccc(C#N)c3)C(N)=C2C(=O)N2CCCC2)c(C)c1. The number of carbonyl (C=O) groups is 2. The number of nitrogens with two attached hydrogens (primary N) is 1. The number of amides is 2. The van der Waals surface area contributed by atoms with Crippen LogP contribution in [-0.4, -0.2) is 40.1 Å². The summed E-state index contributed by atoms with van der Waals surface area (Å²) < 4.78 is 0. The molecular formula is C25H25N5O2S. The van der Waals surface area contributed by atoms with Gasteiger partial charge in [-0.2, -0.15) is 5.26 Å². The molecule has 4 rings (SSSR count). The Kier molecular flexibility index (Phi) is 6.52. The minimum Gasteiger partial charge on any atom is -0.400 e. The molecule has 2 aromatic rings. The highest BCUT2D eigenvalue weighted by Crippen LogP contribution is 2.37. The minimum atomic E-state index is -0.790. The van der Waals surface area contributed by atoms with Gasteiger partial charge in [0.2, 0.25) is 5.91 Å². The predicted molar refractivity (Wildman–Crippen MR) is 131 cm³/mol. The van der Waals surface area contributed by atoms with Crippen molar-refractivity contribution >= 4 is 40.0 Å². The Morgan fingerprint density at radius 3 is 2.64 bits per heavy atom. The average Bonchev–Trinajstić information content (AvgIpc) is 3.44. The lowest BCUT2D eigenvalue weighted by Gasteiger charge is -2.16. The average molecular weight is 460 g/mol. The Morgan fingerprint density at radius 1 is 1.18 bits per heavy atom. The van der Waals surface area contributed by atoms with E-state index in [4.69, 9.17) is 16.0 Å². The zero-order valence-electron chi connectivity index (χ0n) is 18.6. The van der Waals surface area contributed by atoms with Gasteiger partial charge < -0.3 is 16.0 Å². The topological polar surface area (TPSA) is 112 Å². The Labute approximate surface area is 197 Å². The number of likely N-dealkylation sites (tertiary alicyclic amines) is 1. The van der Waals surface area contributed by atoms with Crippen LogP contribution in [0.15, 0.2) is 58.7 Å². The summed E-state index contributed by atoms with van der Waals surface area (Å²) in [6, 6.07) is 14.6. The smallest absolute Gasteiger partial charge is 0.258 e. The first-order valence-electron chi connectivity index (χ1n) is 10.8. The number of nitrogens with zero attached hydrogens (tertiary/aromatic N) is 3. The number of hydrogen-bond donors (Lipinski definition) is 2. The Morgan fingerprint density at radius 2 is 1.94 bits per heavy atom. The molecule has 1 saturated heterocycles. The number of anilines is 1. The summed E-state index contributed by atoms with van der Waals surface area (Å²) in [6.07, 6.45) is 1.91. The highest BCUT2D eigenvalue weighted by atomic mass is 32.2. The van der Waals surface area contributed by atoms with Gasteiger partial charge >= 0.3 is 0 Å². The number of aryl methyl sites for hydroxylation is 2. The number of carbonyl (C=O) groups excluding carboxylic acids is 2. The van der Waals surface area contributed by atoms with Gasteiger partial charge in [-0.15, -0.1) is 0 Å². The Hall–Kier alpha value is -3.57. The quantitative estimate of drug-likeness (QED) is 0.722. The second-order valence-electron chi connectivity index (χ2n) is 8.22. The van der Waals surface area contributed by atoms with E-state index in [-0.39, 0.29) is 17.5 Å². The van der Waals surface area contributed by atoms with Gasteiger partial charge in [0.05, 0.1) is 22.9 Å². The summed E-state index contributed by atoms with van der Waals surface area (Å²) in [5.74, 6) is -0.534. The lowest BCUT2D eigenvalue weighted by molar-refractivity contribution is -0.125. The molecule has 33 heavy (non-hydrogen) atoms. The van der Waals surface area contributed by atoms with E-state index >= 15 is 0 Å². The molecule has 8 heteroatoms. The number of nitriles is 1. The second-order valence-corrected chi connectivity index (χ2v) is 9.31. The maximum absolute atomic E-state index is 13.3. The van der Waals surface area contributed by atoms with E-state index in [0.717, 1.165) is 29.7 Å². The van der Waals surface area contributed by atoms with Crippen LogP contribution in [0, 0.1) is 25.2 Å². The van der Waals surface area contributed by atoms with E-state index in [0.29, 0.717) is 35.0 Å². The molecule has 7 nitrogen and oxygen atoms in total. The van der Waals surface area contributed by atoms with E-state index in [2.05, 4.69) is 11.4 Å². The van der Waals surface area contributed by atoms with Crippen LogP contribution in [0.4, 0.5) is 11.4 Å². The van der Waals surface area contributed by atoms with E-state index in [1.807, 2.05) is 32.0 Å².